The molecule has 27 heavy (non-hydrogen) atoms. The summed E-state index contributed by atoms with van der Waals surface area (Å²) in [7, 11) is 1.96. The summed E-state index contributed by atoms with van der Waals surface area (Å²) in [6.07, 6.45) is 3.93. The van der Waals surface area contributed by atoms with E-state index < -0.39 is 0 Å². The maximum Gasteiger partial charge on any atom is 0.233 e. The molecule has 0 spiro atoms. The van der Waals surface area contributed by atoms with Crippen molar-refractivity contribution in [2.75, 3.05) is 23.8 Å². The van der Waals surface area contributed by atoms with Crippen molar-refractivity contribution in [3.63, 3.8) is 0 Å². The van der Waals surface area contributed by atoms with Crippen LogP contribution in [0.5, 0.6) is 0 Å². The Labute approximate surface area is 160 Å². The summed E-state index contributed by atoms with van der Waals surface area (Å²) in [6.45, 7) is 10.8. The summed E-state index contributed by atoms with van der Waals surface area (Å²) < 4.78 is 8.20. The fraction of sp³-hybridized carbons (Fsp3) is 0.684. The van der Waals surface area contributed by atoms with E-state index in [9.17, 15) is 4.79 Å². The van der Waals surface area contributed by atoms with Crippen LogP contribution in [0, 0.1) is 11.8 Å². The largest absolute Gasteiger partial charge is 0.358 e. The van der Waals surface area contributed by atoms with E-state index in [0.29, 0.717) is 23.3 Å². The van der Waals surface area contributed by atoms with E-state index in [1.54, 1.807) is 6.33 Å². The number of imidazole rings is 1. The van der Waals surface area contributed by atoms with E-state index >= 15 is 0 Å². The first-order valence-electron chi connectivity index (χ1n) is 9.77. The molecule has 0 radical (unpaired) electrons. The molecule has 0 bridgehead atoms. The van der Waals surface area contributed by atoms with Crippen molar-refractivity contribution < 1.29 is 9.53 Å². The molecule has 8 heteroatoms. The lowest BCUT2D eigenvalue weighted by Crippen LogP contribution is -2.23. The predicted molar refractivity (Wildman–Crippen MR) is 106 cm³/mol. The number of carbonyl (C=O) groups is 1. The van der Waals surface area contributed by atoms with E-state index in [2.05, 4.69) is 34.1 Å². The van der Waals surface area contributed by atoms with Crippen LogP contribution in [0.3, 0.4) is 0 Å². The molecule has 0 unspecified atom stereocenters. The number of aromatic nitrogens is 4. The van der Waals surface area contributed by atoms with Crippen LogP contribution in [0.2, 0.25) is 0 Å². The van der Waals surface area contributed by atoms with Crippen LogP contribution < -0.4 is 10.2 Å². The Kier molecular flexibility index (Phi) is 5.64. The van der Waals surface area contributed by atoms with Crippen LogP contribution in [0.25, 0.3) is 11.2 Å². The molecule has 0 saturated carbocycles. The first-order chi connectivity index (χ1) is 12.8. The van der Waals surface area contributed by atoms with Crippen molar-refractivity contribution in [2.45, 2.75) is 59.8 Å². The van der Waals surface area contributed by atoms with Gasteiger partial charge in [-0.1, -0.05) is 27.7 Å². The van der Waals surface area contributed by atoms with Crippen LogP contribution >= 0.6 is 0 Å². The zero-order chi connectivity index (χ0) is 19.7. The summed E-state index contributed by atoms with van der Waals surface area (Å²) in [5, 5.41) is 2.82. The number of carbonyl (C=O) groups excluding carboxylic acids is 1. The Hall–Kier alpha value is -2.22. The minimum absolute atomic E-state index is 0.108. The van der Waals surface area contributed by atoms with Crippen molar-refractivity contribution in [3.8, 4) is 0 Å². The predicted octanol–water partition coefficient (Wildman–Crippen LogP) is 3.21. The molecule has 2 aromatic heterocycles. The molecular formula is C19H30N6O2. The maximum atomic E-state index is 12.2. The van der Waals surface area contributed by atoms with Gasteiger partial charge in [-0.25, -0.2) is 4.98 Å². The van der Waals surface area contributed by atoms with Crippen LogP contribution in [-0.4, -0.2) is 45.1 Å². The average Bonchev–Trinajstić information content (AvgIpc) is 3.23. The monoisotopic (exact) mass is 374 g/mol. The highest BCUT2D eigenvalue weighted by Gasteiger charge is 2.34. The third-order valence-electron chi connectivity index (χ3n) is 5.18. The molecule has 1 aliphatic rings. The third kappa shape index (κ3) is 3.76. The van der Waals surface area contributed by atoms with E-state index in [0.717, 1.165) is 24.9 Å². The Morgan fingerprint density at radius 2 is 2.15 bits per heavy atom. The fourth-order valence-corrected chi connectivity index (χ4v) is 3.33. The number of fused-ring (bicyclic) bond motifs is 1. The Morgan fingerprint density at radius 1 is 1.41 bits per heavy atom. The molecular weight excluding hydrogens is 344 g/mol. The SMILES string of the molecule is CC[C@@H]1C[C@H](C)[C@H](n2cnc3c(N(C)CC)nc(NC(=O)C(C)C)nc32)O1. The average molecular weight is 374 g/mol. The lowest BCUT2D eigenvalue weighted by molar-refractivity contribution is -0.118. The Bertz CT molecular complexity index is 818. The number of nitrogens with zero attached hydrogens (tertiary/aromatic N) is 5. The van der Waals surface area contributed by atoms with Crippen molar-refractivity contribution in [2.24, 2.45) is 11.8 Å². The highest BCUT2D eigenvalue weighted by atomic mass is 16.5. The van der Waals surface area contributed by atoms with E-state index in [-0.39, 0.29) is 24.2 Å². The molecule has 148 valence electrons. The van der Waals surface area contributed by atoms with Gasteiger partial charge in [-0.2, -0.15) is 9.97 Å². The molecule has 1 aliphatic heterocycles. The minimum Gasteiger partial charge on any atom is -0.358 e. The van der Waals surface area contributed by atoms with Crippen LogP contribution in [0.15, 0.2) is 6.33 Å². The van der Waals surface area contributed by atoms with Gasteiger partial charge in [-0.15, -0.1) is 0 Å². The van der Waals surface area contributed by atoms with Gasteiger partial charge < -0.3 is 9.64 Å². The molecule has 2 aromatic rings. The molecule has 3 rings (SSSR count). The van der Waals surface area contributed by atoms with Gasteiger partial charge in [0.05, 0.1) is 12.4 Å². The van der Waals surface area contributed by atoms with E-state index in [1.807, 2.05) is 37.3 Å². The molecule has 3 atom stereocenters. The quantitative estimate of drug-likeness (QED) is 0.836. The van der Waals surface area contributed by atoms with E-state index in [4.69, 9.17) is 4.74 Å². The smallest absolute Gasteiger partial charge is 0.233 e. The van der Waals surface area contributed by atoms with Gasteiger partial charge in [-0.05, 0) is 19.8 Å². The lowest BCUT2D eigenvalue weighted by Gasteiger charge is -2.20. The van der Waals surface area contributed by atoms with Gasteiger partial charge in [0.2, 0.25) is 11.9 Å². The van der Waals surface area contributed by atoms with E-state index in [1.165, 1.54) is 0 Å². The molecule has 0 aliphatic carbocycles. The number of anilines is 2. The summed E-state index contributed by atoms with van der Waals surface area (Å²) in [5.74, 6) is 1.12. The van der Waals surface area contributed by atoms with Crippen molar-refractivity contribution in [1.29, 1.82) is 0 Å². The summed E-state index contributed by atoms with van der Waals surface area (Å²) in [6, 6.07) is 0. The van der Waals surface area contributed by atoms with Gasteiger partial charge in [0.1, 0.15) is 6.23 Å². The highest BCUT2D eigenvalue weighted by molar-refractivity contribution is 5.92. The van der Waals surface area contributed by atoms with Gasteiger partial charge in [0, 0.05) is 25.4 Å². The number of ether oxygens (including phenoxy) is 1. The second-order valence-electron chi connectivity index (χ2n) is 7.62. The molecule has 8 nitrogen and oxygen atoms in total. The number of rotatable bonds is 6. The minimum atomic E-state index is -0.148. The topological polar surface area (TPSA) is 85.2 Å². The van der Waals surface area contributed by atoms with Gasteiger partial charge in [0.15, 0.2) is 17.0 Å². The molecule has 1 N–H and O–H groups in total. The van der Waals surface area contributed by atoms with Crippen LogP contribution in [0.4, 0.5) is 11.8 Å². The summed E-state index contributed by atoms with van der Waals surface area (Å²) in [4.78, 5) is 27.9. The zero-order valence-corrected chi connectivity index (χ0v) is 17.1. The molecule has 0 aromatic carbocycles. The molecule has 1 saturated heterocycles. The van der Waals surface area contributed by atoms with Crippen LogP contribution in [-0.2, 0) is 9.53 Å². The van der Waals surface area contributed by atoms with Gasteiger partial charge >= 0.3 is 0 Å². The third-order valence-corrected chi connectivity index (χ3v) is 5.18. The second kappa shape index (κ2) is 7.80. The Balaban J connectivity index is 2.07. The normalized spacial score (nSPS) is 22.6. The number of hydrogen-bond donors (Lipinski definition) is 1. The second-order valence-corrected chi connectivity index (χ2v) is 7.62. The van der Waals surface area contributed by atoms with Gasteiger partial charge in [0.25, 0.3) is 0 Å². The molecule has 3 heterocycles. The fourth-order valence-electron chi connectivity index (χ4n) is 3.33. The molecule has 1 fully saturated rings. The number of hydrogen-bond acceptors (Lipinski definition) is 6. The zero-order valence-electron chi connectivity index (χ0n) is 17.1. The van der Waals surface area contributed by atoms with Crippen molar-refractivity contribution in [3.05, 3.63) is 6.33 Å². The van der Waals surface area contributed by atoms with Crippen molar-refractivity contribution in [1.82, 2.24) is 19.5 Å². The number of amides is 1. The standard InChI is InChI=1S/C19H30N6O2/c1-7-13-9-12(5)18(27-13)25-10-20-14-15(24(6)8-2)21-19(22-16(14)25)23-17(26)11(3)4/h10-13,18H,7-9H2,1-6H3,(H,21,22,23,26)/t12-,13+,18+/m0/s1. The number of nitrogens with one attached hydrogen (secondary N) is 1. The Morgan fingerprint density at radius 3 is 2.74 bits per heavy atom. The maximum absolute atomic E-state index is 12.2. The highest BCUT2D eigenvalue weighted by Crippen LogP contribution is 2.37. The first kappa shape index (κ1) is 19.5. The summed E-state index contributed by atoms with van der Waals surface area (Å²) in [5.41, 5.74) is 1.41. The van der Waals surface area contributed by atoms with Crippen molar-refractivity contribution >= 4 is 28.8 Å². The van der Waals surface area contributed by atoms with Crippen LogP contribution in [0.1, 0.15) is 53.7 Å². The lowest BCUT2D eigenvalue weighted by atomic mass is 10.0. The van der Waals surface area contributed by atoms with Gasteiger partial charge in [-0.3, -0.25) is 14.7 Å². The first-order valence-corrected chi connectivity index (χ1v) is 9.77. The summed E-state index contributed by atoms with van der Waals surface area (Å²) >= 11 is 0. The molecule has 1 amide bonds.